The van der Waals surface area contributed by atoms with Crippen molar-refractivity contribution in [3.63, 3.8) is 0 Å². The highest BCUT2D eigenvalue weighted by Crippen LogP contribution is 2.36. The number of rotatable bonds is 19. The molecule has 0 spiro atoms. The standard InChI is InChI=1S/C37H52N8O6/c1-51-35(50)37(41)16-18-45(23-37)34(49)29(13-8-17-42-36(39)40)43-32(47)27(19-26-14-15-26)22-31(46)30(21-25-11-6-3-7-12-25)44-33(48)28(38)20-24-9-4-2-5-10-24/h2-7,9-12,26-30H,8,13-23,38,41H2,1H3,(H,43,47)(H,44,48)(H4,39,40,42)/t27-,28+,29+,30+,37?/m0/s1. The molecule has 1 heterocycles. The SMILES string of the molecule is COC(=O)C1(N)CCN(C(=O)[C@@H](CCCN=C(N)N)NC(=O)[C@H](CC(=O)[C@@H](Cc2ccccc2)NC(=O)[C@H](N)Cc2ccccc2)CC2CC2)C1. The molecule has 2 aliphatic rings. The first kappa shape index (κ1) is 39.0. The molecule has 1 aliphatic carbocycles. The van der Waals surface area contributed by atoms with Crippen molar-refractivity contribution in [3.8, 4) is 0 Å². The molecular formula is C37H52N8O6. The quantitative estimate of drug-likeness (QED) is 0.0506. The van der Waals surface area contributed by atoms with Gasteiger partial charge in [0.2, 0.25) is 17.7 Å². The molecule has 1 saturated carbocycles. The maximum absolute atomic E-state index is 14.0. The number of aliphatic imine (C=N–C) groups is 1. The summed E-state index contributed by atoms with van der Waals surface area (Å²) in [6.07, 6.45) is 3.54. The first-order valence-corrected chi connectivity index (χ1v) is 17.6. The number of Topliss-reactive ketones (excluding diaryl/α,β-unsaturated/α-hetero) is 1. The van der Waals surface area contributed by atoms with E-state index in [-0.39, 0.29) is 63.0 Å². The van der Waals surface area contributed by atoms with Crippen molar-refractivity contribution in [1.29, 1.82) is 0 Å². The third-order valence-electron chi connectivity index (χ3n) is 9.52. The predicted molar refractivity (Wildman–Crippen MR) is 193 cm³/mol. The minimum Gasteiger partial charge on any atom is -0.468 e. The van der Waals surface area contributed by atoms with Crippen LogP contribution >= 0.6 is 0 Å². The van der Waals surface area contributed by atoms with E-state index < -0.39 is 53.3 Å². The van der Waals surface area contributed by atoms with Crippen molar-refractivity contribution >= 4 is 35.4 Å². The summed E-state index contributed by atoms with van der Waals surface area (Å²) >= 11 is 0. The van der Waals surface area contributed by atoms with Crippen LogP contribution in [0.15, 0.2) is 65.7 Å². The van der Waals surface area contributed by atoms with E-state index in [1.54, 1.807) is 0 Å². The molecule has 1 unspecified atom stereocenters. The molecule has 276 valence electrons. The van der Waals surface area contributed by atoms with Crippen LogP contribution in [0.25, 0.3) is 0 Å². The van der Waals surface area contributed by atoms with Crippen molar-refractivity contribution in [3.05, 3.63) is 71.8 Å². The Morgan fingerprint density at radius 2 is 1.53 bits per heavy atom. The Hall–Kier alpha value is -4.82. The molecule has 4 rings (SSSR count). The lowest BCUT2D eigenvalue weighted by molar-refractivity contribution is -0.147. The molecule has 51 heavy (non-hydrogen) atoms. The summed E-state index contributed by atoms with van der Waals surface area (Å²) in [6.45, 7) is 0.389. The van der Waals surface area contributed by atoms with Crippen molar-refractivity contribution in [2.24, 2.45) is 39.8 Å². The van der Waals surface area contributed by atoms with Crippen LogP contribution in [-0.2, 0) is 41.6 Å². The fourth-order valence-corrected chi connectivity index (χ4v) is 6.42. The fourth-order valence-electron chi connectivity index (χ4n) is 6.42. The summed E-state index contributed by atoms with van der Waals surface area (Å²) in [7, 11) is 1.24. The van der Waals surface area contributed by atoms with Crippen LogP contribution < -0.4 is 33.6 Å². The first-order valence-electron chi connectivity index (χ1n) is 17.6. The second kappa shape index (κ2) is 18.4. The molecule has 0 radical (unpaired) electrons. The van der Waals surface area contributed by atoms with Crippen LogP contribution in [0.1, 0.15) is 56.1 Å². The Labute approximate surface area is 299 Å². The van der Waals surface area contributed by atoms with Crippen molar-refractivity contribution < 1.29 is 28.7 Å². The molecule has 2 fully saturated rings. The zero-order valence-corrected chi connectivity index (χ0v) is 29.3. The highest BCUT2D eigenvalue weighted by molar-refractivity contribution is 5.95. The van der Waals surface area contributed by atoms with E-state index in [1.807, 2.05) is 60.7 Å². The maximum atomic E-state index is 14.0. The Balaban J connectivity index is 1.49. The number of hydrogen-bond acceptors (Lipinski definition) is 9. The largest absolute Gasteiger partial charge is 0.468 e. The van der Waals surface area contributed by atoms with Gasteiger partial charge in [0.05, 0.1) is 19.2 Å². The van der Waals surface area contributed by atoms with Gasteiger partial charge in [-0.1, -0.05) is 73.5 Å². The molecule has 5 atom stereocenters. The molecule has 2 aromatic rings. The lowest BCUT2D eigenvalue weighted by atomic mass is 9.90. The number of nitrogens with one attached hydrogen (secondary N) is 2. The molecule has 14 nitrogen and oxygen atoms in total. The van der Waals surface area contributed by atoms with Gasteiger partial charge in [0.15, 0.2) is 11.7 Å². The summed E-state index contributed by atoms with van der Waals surface area (Å²) in [5.74, 6) is -2.77. The number of carbonyl (C=O) groups is 5. The van der Waals surface area contributed by atoms with Gasteiger partial charge in [-0.25, -0.2) is 4.79 Å². The summed E-state index contributed by atoms with van der Waals surface area (Å²) < 4.78 is 4.85. The van der Waals surface area contributed by atoms with Crippen LogP contribution in [0.4, 0.5) is 0 Å². The summed E-state index contributed by atoms with van der Waals surface area (Å²) in [5.41, 5.74) is 23.9. The van der Waals surface area contributed by atoms with Crippen molar-refractivity contribution in [1.82, 2.24) is 15.5 Å². The number of hydrogen-bond donors (Lipinski definition) is 6. The number of likely N-dealkylation sites (tertiary alicyclic amines) is 1. The monoisotopic (exact) mass is 704 g/mol. The van der Waals surface area contributed by atoms with Gasteiger partial charge in [0.1, 0.15) is 11.6 Å². The minimum atomic E-state index is -1.35. The van der Waals surface area contributed by atoms with Crippen LogP contribution in [-0.4, -0.2) is 90.7 Å². The third kappa shape index (κ3) is 11.9. The number of benzene rings is 2. The second-order valence-corrected chi connectivity index (χ2v) is 13.8. The number of amides is 3. The van der Waals surface area contributed by atoms with E-state index in [4.69, 9.17) is 27.7 Å². The smallest absolute Gasteiger partial charge is 0.327 e. The summed E-state index contributed by atoms with van der Waals surface area (Å²) in [4.78, 5) is 72.9. The lowest BCUT2D eigenvalue weighted by Crippen LogP contribution is -2.54. The predicted octanol–water partition coefficient (Wildman–Crippen LogP) is 0.301. The molecule has 3 amide bonds. The topological polar surface area (TPSA) is 238 Å². The van der Waals surface area contributed by atoms with Crippen LogP contribution in [0, 0.1) is 11.8 Å². The van der Waals surface area contributed by atoms with Gasteiger partial charge in [-0.05, 0) is 55.6 Å². The lowest BCUT2D eigenvalue weighted by Gasteiger charge is -2.28. The van der Waals surface area contributed by atoms with E-state index in [0.29, 0.717) is 19.3 Å². The molecule has 10 N–H and O–H groups in total. The highest BCUT2D eigenvalue weighted by Gasteiger charge is 2.45. The zero-order chi connectivity index (χ0) is 37.0. The number of ether oxygens (including phenoxy) is 1. The summed E-state index contributed by atoms with van der Waals surface area (Å²) in [5, 5.41) is 5.78. The Morgan fingerprint density at radius 3 is 2.12 bits per heavy atom. The van der Waals surface area contributed by atoms with Gasteiger partial charge in [-0.3, -0.25) is 24.2 Å². The molecule has 0 bridgehead atoms. The van der Waals surface area contributed by atoms with Crippen LogP contribution in [0.3, 0.4) is 0 Å². The number of methoxy groups -OCH3 is 1. The zero-order valence-electron chi connectivity index (χ0n) is 29.3. The Morgan fingerprint density at radius 1 is 0.922 bits per heavy atom. The first-order chi connectivity index (χ1) is 24.4. The van der Waals surface area contributed by atoms with E-state index in [2.05, 4.69) is 15.6 Å². The highest BCUT2D eigenvalue weighted by atomic mass is 16.5. The number of nitrogens with zero attached hydrogens (tertiary/aromatic N) is 2. The Bertz CT molecular complexity index is 1530. The van der Waals surface area contributed by atoms with Gasteiger partial charge < -0.3 is 43.2 Å². The van der Waals surface area contributed by atoms with E-state index in [0.717, 1.165) is 24.0 Å². The molecule has 1 aliphatic heterocycles. The average Bonchev–Trinajstić information content (AvgIpc) is 3.85. The molecule has 1 saturated heterocycles. The number of guanidine groups is 1. The van der Waals surface area contributed by atoms with Crippen molar-refractivity contribution in [2.45, 2.75) is 81.5 Å². The van der Waals surface area contributed by atoms with E-state index in [1.165, 1.54) is 12.0 Å². The minimum absolute atomic E-state index is 0.0595. The maximum Gasteiger partial charge on any atom is 0.327 e. The number of esters is 1. The molecule has 14 heteroatoms. The van der Waals surface area contributed by atoms with Crippen molar-refractivity contribution in [2.75, 3.05) is 26.7 Å². The molecule has 2 aromatic carbocycles. The fraction of sp³-hybridized carbons (Fsp3) is 0.514. The van der Waals surface area contributed by atoms with E-state index >= 15 is 0 Å². The number of carbonyl (C=O) groups excluding carboxylic acids is 5. The van der Waals surface area contributed by atoms with Gasteiger partial charge in [0, 0.05) is 32.0 Å². The van der Waals surface area contributed by atoms with Crippen LogP contribution in [0.2, 0.25) is 0 Å². The van der Waals surface area contributed by atoms with Gasteiger partial charge in [-0.2, -0.15) is 0 Å². The van der Waals surface area contributed by atoms with Crippen LogP contribution in [0.5, 0.6) is 0 Å². The van der Waals surface area contributed by atoms with Gasteiger partial charge >= 0.3 is 5.97 Å². The Kier molecular flexibility index (Phi) is 14.1. The summed E-state index contributed by atoms with van der Waals surface area (Å²) in [6, 6.07) is 15.9. The van der Waals surface area contributed by atoms with Gasteiger partial charge in [0.25, 0.3) is 0 Å². The average molecular weight is 705 g/mol. The van der Waals surface area contributed by atoms with E-state index in [9.17, 15) is 24.0 Å². The molecular weight excluding hydrogens is 652 g/mol. The second-order valence-electron chi connectivity index (χ2n) is 13.8. The third-order valence-corrected chi connectivity index (χ3v) is 9.52. The number of nitrogens with two attached hydrogens (primary N) is 4. The van der Waals surface area contributed by atoms with Gasteiger partial charge in [-0.15, -0.1) is 0 Å². The number of ketones is 1. The normalized spacial score (nSPS) is 19.2. The molecule has 0 aromatic heterocycles.